The van der Waals surface area contributed by atoms with E-state index in [4.69, 9.17) is 9.47 Å². The van der Waals surface area contributed by atoms with Gasteiger partial charge in [-0.15, -0.1) is 11.8 Å². The SMILES string of the molecule is COc1ccc(NC(=O)[C@@H](C)CS(=O)(=O)c2ccc3c(c2)NC(=O)[C@H](C)S3)c(OC)c1. The lowest BCUT2D eigenvalue weighted by molar-refractivity contribution is -0.119. The van der Waals surface area contributed by atoms with Crippen LogP contribution in [0.15, 0.2) is 46.2 Å². The van der Waals surface area contributed by atoms with Crippen LogP contribution in [-0.2, 0) is 19.4 Å². The van der Waals surface area contributed by atoms with Gasteiger partial charge >= 0.3 is 0 Å². The Hall–Kier alpha value is -2.72. The maximum Gasteiger partial charge on any atom is 0.237 e. The lowest BCUT2D eigenvalue weighted by Gasteiger charge is -2.22. The van der Waals surface area contributed by atoms with Crippen LogP contribution in [0.3, 0.4) is 0 Å². The second-order valence-corrected chi connectivity index (χ2v) is 10.6. The Labute approximate surface area is 185 Å². The Bertz CT molecular complexity index is 1120. The molecule has 0 spiro atoms. The van der Waals surface area contributed by atoms with Gasteiger partial charge in [-0.2, -0.15) is 0 Å². The molecule has 0 aliphatic carbocycles. The number of carbonyl (C=O) groups is 2. The van der Waals surface area contributed by atoms with Crippen molar-refractivity contribution in [3.05, 3.63) is 36.4 Å². The van der Waals surface area contributed by atoms with Crippen molar-refractivity contribution in [3.63, 3.8) is 0 Å². The lowest BCUT2D eigenvalue weighted by atomic mass is 10.2. The largest absolute Gasteiger partial charge is 0.497 e. The Kier molecular flexibility index (Phi) is 6.80. The highest BCUT2D eigenvalue weighted by Crippen LogP contribution is 2.37. The molecule has 0 fully saturated rings. The van der Waals surface area contributed by atoms with Crippen LogP contribution in [0, 0.1) is 5.92 Å². The first-order chi connectivity index (χ1) is 14.6. The second-order valence-electron chi connectivity index (χ2n) is 7.15. The summed E-state index contributed by atoms with van der Waals surface area (Å²) in [5, 5.41) is 5.19. The molecule has 2 aromatic carbocycles. The Morgan fingerprint density at radius 1 is 1.19 bits per heavy atom. The predicted molar refractivity (Wildman–Crippen MR) is 120 cm³/mol. The summed E-state index contributed by atoms with van der Waals surface area (Å²) in [6, 6.07) is 9.54. The fourth-order valence-electron chi connectivity index (χ4n) is 3.04. The first kappa shape index (κ1) is 23.0. The highest BCUT2D eigenvalue weighted by molar-refractivity contribution is 8.01. The van der Waals surface area contributed by atoms with E-state index in [-0.39, 0.29) is 21.8 Å². The maximum atomic E-state index is 12.9. The molecule has 166 valence electrons. The van der Waals surface area contributed by atoms with Crippen LogP contribution in [0.25, 0.3) is 0 Å². The number of rotatable bonds is 7. The molecule has 1 heterocycles. The van der Waals surface area contributed by atoms with Gasteiger partial charge in [-0.25, -0.2) is 8.42 Å². The molecule has 31 heavy (non-hydrogen) atoms. The van der Waals surface area contributed by atoms with Crippen molar-refractivity contribution in [2.24, 2.45) is 5.92 Å². The third kappa shape index (κ3) is 5.13. The van der Waals surface area contributed by atoms with E-state index in [1.54, 1.807) is 38.1 Å². The van der Waals surface area contributed by atoms with Gasteiger partial charge in [0.15, 0.2) is 9.84 Å². The fourth-order valence-corrected chi connectivity index (χ4v) is 5.55. The molecule has 10 heteroatoms. The standard InChI is InChI=1S/C21H24N2O6S2/c1-12(20(24)22-16-7-5-14(28-3)9-18(16)29-4)11-31(26,27)15-6-8-19-17(10-15)23-21(25)13(2)30-19/h5-10,12-13H,11H2,1-4H3,(H,22,24)(H,23,25)/t12-,13-/m0/s1. The third-order valence-electron chi connectivity index (χ3n) is 4.82. The minimum Gasteiger partial charge on any atom is -0.497 e. The number of hydrogen-bond acceptors (Lipinski definition) is 7. The monoisotopic (exact) mass is 464 g/mol. The van der Waals surface area contributed by atoms with Crippen LogP contribution in [0.2, 0.25) is 0 Å². The second kappa shape index (κ2) is 9.19. The van der Waals surface area contributed by atoms with Gasteiger partial charge in [0.2, 0.25) is 11.8 Å². The summed E-state index contributed by atoms with van der Waals surface area (Å²) in [6.45, 7) is 3.33. The quantitative estimate of drug-likeness (QED) is 0.647. The number of fused-ring (bicyclic) bond motifs is 1. The van der Waals surface area contributed by atoms with Gasteiger partial charge in [0.25, 0.3) is 0 Å². The van der Waals surface area contributed by atoms with E-state index in [9.17, 15) is 18.0 Å². The van der Waals surface area contributed by atoms with Crippen molar-refractivity contribution >= 4 is 44.8 Å². The molecule has 1 aliphatic heterocycles. The number of hydrogen-bond donors (Lipinski definition) is 2. The summed E-state index contributed by atoms with van der Waals surface area (Å²) in [4.78, 5) is 25.4. The molecule has 0 unspecified atom stereocenters. The Morgan fingerprint density at radius 3 is 2.61 bits per heavy atom. The molecule has 2 amide bonds. The van der Waals surface area contributed by atoms with Gasteiger partial charge in [0.05, 0.1) is 41.5 Å². The van der Waals surface area contributed by atoms with Crippen LogP contribution in [-0.4, -0.2) is 45.5 Å². The average molecular weight is 465 g/mol. The van der Waals surface area contributed by atoms with E-state index in [1.807, 2.05) is 0 Å². The Balaban J connectivity index is 1.74. The van der Waals surface area contributed by atoms with Gasteiger partial charge in [0, 0.05) is 16.9 Å². The zero-order chi connectivity index (χ0) is 22.8. The summed E-state index contributed by atoms with van der Waals surface area (Å²) in [7, 11) is -0.777. The number of amides is 2. The normalized spacial score (nSPS) is 16.6. The molecule has 0 saturated carbocycles. The maximum absolute atomic E-state index is 12.9. The molecule has 8 nitrogen and oxygen atoms in total. The summed E-state index contributed by atoms with van der Waals surface area (Å²) in [6.07, 6.45) is 0. The molecule has 0 saturated heterocycles. The number of anilines is 2. The van der Waals surface area contributed by atoms with Crippen LogP contribution < -0.4 is 20.1 Å². The van der Waals surface area contributed by atoms with Crippen molar-refractivity contribution in [2.45, 2.75) is 28.9 Å². The summed E-state index contributed by atoms with van der Waals surface area (Å²) < 4.78 is 36.2. The average Bonchev–Trinajstić information content (AvgIpc) is 2.74. The summed E-state index contributed by atoms with van der Waals surface area (Å²) in [5.74, 6) is -0.863. The van der Waals surface area contributed by atoms with Gasteiger partial charge in [-0.3, -0.25) is 9.59 Å². The van der Waals surface area contributed by atoms with Crippen molar-refractivity contribution in [1.82, 2.24) is 0 Å². The van der Waals surface area contributed by atoms with E-state index in [2.05, 4.69) is 10.6 Å². The molecule has 2 aromatic rings. The first-order valence-corrected chi connectivity index (χ1v) is 12.0. The molecule has 0 aromatic heterocycles. The van der Waals surface area contributed by atoms with Crippen molar-refractivity contribution in [1.29, 1.82) is 0 Å². The van der Waals surface area contributed by atoms with E-state index in [1.165, 1.54) is 38.1 Å². The van der Waals surface area contributed by atoms with Crippen molar-refractivity contribution in [2.75, 3.05) is 30.6 Å². The fraction of sp³-hybridized carbons (Fsp3) is 0.333. The van der Waals surface area contributed by atoms with Gasteiger partial charge in [0.1, 0.15) is 11.5 Å². The molecule has 2 N–H and O–H groups in total. The minimum atomic E-state index is -3.76. The van der Waals surface area contributed by atoms with Gasteiger partial charge in [-0.05, 0) is 37.3 Å². The number of sulfone groups is 1. The summed E-state index contributed by atoms with van der Waals surface area (Å²) >= 11 is 1.37. The van der Waals surface area contributed by atoms with Crippen LogP contribution in [0.1, 0.15) is 13.8 Å². The van der Waals surface area contributed by atoms with E-state index in [0.717, 1.165) is 4.90 Å². The number of nitrogens with one attached hydrogen (secondary N) is 2. The van der Waals surface area contributed by atoms with Crippen molar-refractivity contribution in [3.8, 4) is 11.5 Å². The number of thioether (sulfide) groups is 1. The first-order valence-electron chi connectivity index (χ1n) is 9.52. The predicted octanol–water partition coefficient (Wildman–Crippen LogP) is 3.19. The molecule has 2 atom stereocenters. The van der Waals surface area contributed by atoms with E-state index >= 15 is 0 Å². The topological polar surface area (TPSA) is 111 Å². The minimum absolute atomic E-state index is 0.0587. The highest BCUT2D eigenvalue weighted by atomic mass is 32.2. The summed E-state index contributed by atoms with van der Waals surface area (Å²) in [5.41, 5.74) is 0.884. The lowest BCUT2D eigenvalue weighted by Crippen LogP contribution is -2.28. The van der Waals surface area contributed by atoms with Gasteiger partial charge in [-0.1, -0.05) is 6.92 Å². The number of benzene rings is 2. The third-order valence-corrected chi connectivity index (χ3v) is 7.91. The van der Waals surface area contributed by atoms with Crippen molar-refractivity contribution < 1.29 is 27.5 Å². The van der Waals surface area contributed by atoms with Crippen LogP contribution in [0.4, 0.5) is 11.4 Å². The number of carbonyl (C=O) groups excluding carboxylic acids is 2. The molecule has 1 aliphatic rings. The van der Waals surface area contributed by atoms with Crippen LogP contribution >= 0.6 is 11.8 Å². The Morgan fingerprint density at radius 2 is 1.94 bits per heavy atom. The molecular weight excluding hydrogens is 440 g/mol. The van der Waals surface area contributed by atoms with E-state index < -0.39 is 21.7 Å². The van der Waals surface area contributed by atoms with Crippen LogP contribution in [0.5, 0.6) is 11.5 Å². The molecular formula is C21H24N2O6S2. The van der Waals surface area contributed by atoms with E-state index in [0.29, 0.717) is 22.9 Å². The zero-order valence-corrected chi connectivity index (χ0v) is 19.2. The zero-order valence-electron chi connectivity index (χ0n) is 17.6. The number of methoxy groups -OCH3 is 2. The highest BCUT2D eigenvalue weighted by Gasteiger charge is 2.27. The van der Waals surface area contributed by atoms with Gasteiger partial charge < -0.3 is 20.1 Å². The number of ether oxygens (including phenoxy) is 2. The molecule has 0 radical (unpaired) electrons. The molecule has 3 rings (SSSR count). The molecule has 0 bridgehead atoms. The smallest absolute Gasteiger partial charge is 0.237 e.